The van der Waals surface area contributed by atoms with Crippen LogP contribution < -0.4 is 10.6 Å². The third-order valence-corrected chi connectivity index (χ3v) is 4.73. The van der Waals surface area contributed by atoms with Crippen molar-refractivity contribution in [2.75, 3.05) is 18.4 Å². The molecule has 1 saturated heterocycles. The number of piperidine rings is 1. The van der Waals surface area contributed by atoms with Crippen molar-refractivity contribution in [2.24, 2.45) is 7.05 Å². The molecule has 1 aromatic carbocycles. The average Bonchev–Trinajstić information content (AvgIpc) is 3.31. The van der Waals surface area contributed by atoms with Gasteiger partial charge in [0.15, 0.2) is 11.5 Å². The van der Waals surface area contributed by atoms with Crippen LogP contribution in [-0.2, 0) is 7.05 Å². The average molecular weight is 366 g/mol. The van der Waals surface area contributed by atoms with Gasteiger partial charge in [0.05, 0.1) is 11.9 Å². The van der Waals surface area contributed by atoms with Crippen molar-refractivity contribution in [2.45, 2.75) is 25.7 Å². The molecule has 9 heteroatoms. The molecule has 1 amide bonds. The monoisotopic (exact) mass is 366 g/mol. The second-order valence-corrected chi connectivity index (χ2v) is 6.78. The van der Waals surface area contributed by atoms with Crippen molar-refractivity contribution in [3.05, 3.63) is 47.5 Å². The third-order valence-electron chi connectivity index (χ3n) is 4.73. The molecule has 1 aliphatic rings. The number of hydrogen-bond donors (Lipinski definition) is 2. The molecule has 0 radical (unpaired) electrons. The highest BCUT2D eigenvalue weighted by Gasteiger charge is 2.22. The van der Waals surface area contributed by atoms with Gasteiger partial charge in [0, 0.05) is 13.0 Å². The number of aromatic nitrogens is 6. The van der Waals surface area contributed by atoms with Crippen molar-refractivity contribution in [1.29, 1.82) is 0 Å². The van der Waals surface area contributed by atoms with Crippen LogP contribution in [0.25, 0.3) is 5.69 Å². The molecule has 0 spiro atoms. The Kier molecular flexibility index (Phi) is 4.68. The molecule has 4 rings (SSSR count). The normalized spacial score (nSPS) is 15.0. The smallest absolute Gasteiger partial charge is 0.280 e. The van der Waals surface area contributed by atoms with Crippen LogP contribution in [0.2, 0.25) is 0 Å². The number of carbonyl (C=O) groups excluding carboxylic acids is 1. The molecule has 0 saturated carbocycles. The largest absolute Gasteiger partial charge is 0.317 e. The van der Waals surface area contributed by atoms with E-state index >= 15 is 0 Å². The predicted molar refractivity (Wildman–Crippen MR) is 99.9 cm³/mol. The number of amides is 1. The van der Waals surface area contributed by atoms with Gasteiger partial charge in [-0.1, -0.05) is 22.9 Å². The fourth-order valence-corrected chi connectivity index (χ4v) is 3.12. The quantitative estimate of drug-likeness (QED) is 0.724. The summed E-state index contributed by atoms with van der Waals surface area (Å²) in [5, 5.41) is 18.6. The van der Waals surface area contributed by atoms with Crippen LogP contribution in [0.15, 0.2) is 30.5 Å². The summed E-state index contributed by atoms with van der Waals surface area (Å²) in [4.78, 5) is 17.0. The van der Waals surface area contributed by atoms with E-state index in [4.69, 9.17) is 0 Å². The summed E-state index contributed by atoms with van der Waals surface area (Å²) >= 11 is 0. The Morgan fingerprint density at radius 1 is 1.22 bits per heavy atom. The molecule has 0 aliphatic carbocycles. The fourth-order valence-electron chi connectivity index (χ4n) is 3.12. The standard InChI is InChI=1S/C18H22N8O/c1-12-3-5-14(6-4-12)26-11-15(22-24-26)17(27)21-18-20-16(23-25(18)2)13-7-9-19-10-8-13/h3-6,11,13,19H,7-10H2,1-2H3,(H,20,21,23,27). The van der Waals surface area contributed by atoms with Gasteiger partial charge < -0.3 is 5.32 Å². The third kappa shape index (κ3) is 3.72. The summed E-state index contributed by atoms with van der Waals surface area (Å²) in [7, 11) is 1.77. The summed E-state index contributed by atoms with van der Waals surface area (Å²) in [5.41, 5.74) is 2.23. The lowest BCUT2D eigenvalue weighted by atomic mass is 9.98. The zero-order valence-corrected chi connectivity index (χ0v) is 15.4. The van der Waals surface area contributed by atoms with Crippen molar-refractivity contribution in [1.82, 2.24) is 35.1 Å². The van der Waals surface area contributed by atoms with Gasteiger partial charge in [0.1, 0.15) is 0 Å². The summed E-state index contributed by atoms with van der Waals surface area (Å²) in [6, 6.07) is 7.83. The van der Waals surface area contributed by atoms with Gasteiger partial charge in [0.2, 0.25) is 5.95 Å². The summed E-state index contributed by atoms with van der Waals surface area (Å²) in [6.45, 7) is 3.95. The molecule has 2 N–H and O–H groups in total. The number of hydrogen-bond acceptors (Lipinski definition) is 6. The number of anilines is 1. The second kappa shape index (κ2) is 7.28. The molecule has 3 heterocycles. The first-order valence-electron chi connectivity index (χ1n) is 9.02. The molecule has 0 unspecified atom stereocenters. The lowest BCUT2D eigenvalue weighted by molar-refractivity contribution is 0.102. The number of carbonyl (C=O) groups is 1. The molecule has 27 heavy (non-hydrogen) atoms. The van der Waals surface area contributed by atoms with Crippen LogP contribution in [0.1, 0.15) is 40.6 Å². The molecule has 1 aliphatic heterocycles. The molecule has 0 bridgehead atoms. The van der Waals surface area contributed by atoms with Gasteiger partial charge in [-0.3, -0.25) is 10.1 Å². The van der Waals surface area contributed by atoms with E-state index in [1.54, 1.807) is 22.6 Å². The Labute approximate surface area is 156 Å². The van der Waals surface area contributed by atoms with E-state index in [1.807, 2.05) is 31.2 Å². The van der Waals surface area contributed by atoms with E-state index in [-0.39, 0.29) is 11.6 Å². The molecule has 9 nitrogen and oxygen atoms in total. The van der Waals surface area contributed by atoms with Crippen molar-refractivity contribution >= 4 is 11.9 Å². The van der Waals surface area contributed by atoms with E-state index in [0.29, 0.717) is 11.9 Å². The molecular formula is C18H22N8O. The maximum absolute atomic E-state index is 12.5. The maximum atomic E-state index is 12.5. The zero-order chi connectivity index (χ0) is 18.8. The topological polar surface area (TPSA) is 103 Å². The van der Waals surface area contributed by atoms with Crippen LogP contribution in [-0.4, -0.2) is 48.8 Å². The Morgan fingerprint density at radius 2 is 1.96 bits per heavy atom. The lowest BCUT2D eigenvalue weighted by Crippen LogP contribution is -2.27. The van der Waals surface area contributed by atoms with Gasteiger partial charge >= 0.3 is 0 Å². The van der Waals surface area contributed by atoms with Crippen LogP contribution in [0, 0.1) is 6.92 Å². The Bertz CT molecular complexity index is 937. The van der Waals surface area contributed by atoms with Crippen molar-refractivity contribution < 1.29 is 4.79 Å². The first-order valence-corrected chi connectivity index (χ1v) is 9.02. The van der Waals surface area contributed by atoms with Crippen LogP contribution in [0.4, 0.5) is 5.95 Å². The number of aryl methyl sites for hydroxylation is 2. The van der Waals surface area contributed by atoms with Crippen LogP contribution >= 0.6 is 0 Å². The molecule has 3 aromatic rings. The molecule has 1 fully saturated rings. The van der Waals surface area contributed by atoms with E-state index in [9.17, 15) is 4.79 Å². The summed E-state index contributed by atoms with van der Waals surface area (Å²) in [5.74, 6) is 1.15. The summed E-state index contributed by atoms with van der Waals surface area (Å²) < 4.78 is 3.17. The Hall–Kier alpha value is -3.07. The highest BCUT2D eigenvalue weighted by atomic mass is 16.2. The van der Waals surface area contributed by atoms with Gasteiger partial charge in [-0.15, -0.1) is 5.10 Å². The summed E-state index contributed by atoms with van der Waals surface area (Å²) in [6.07, 6.45) is 3.61. The van der Waals surface area contributed by atoms with Gasteiger partial charge in [-0.2, -0.15) is 10.1 Å². The maximum Gasteiger partial charge on any atom is 0.280 e. The predicted octanol–water partition coefficient (Wildman–Crippen LogP) is 1.42. The molecule has 2 aromatic heterocycles. The highest BCUT2D eigenvalue weighted by Crippen LogP contribution is 2.23. The minimum atomic E-state index is -0.360. The van der Waals surface area contributed by atoms with Crippen molar-refractivity contribution in [3.63, 3.8) is 0 Å². The highest BCUT2D eigenvalue weighted by molar-refractivity contribution is 6.01. The SMILES string of the molecule is Cc1ccc(-n2cc(C(=O)Nc3nc(C4CCNCC4)nn3C)nn2)cc1. The Balaban J connectivity index is 1.48. The van der Waals surface area contributed by atoms with E-state index in [0.717, 1.165) is 43.0 Å². The second-order valence-electron chi connectivity index (χ2n) is 6.78. The minimum Gasteiger partial charge on any atom is -0.317 e. The van der Waals surface area contributed by atoms with Crippen LogP contribution in [0.3, 0.4) is 0 Å². The van der Waals surface area contributed by atoms with Gasteiger partial charge in [-0.05, 0) is 45.0 Å². The van der Waals surface area contributed by atoms with Crippen LogP contribution in [0.5, 0.6) is 0 Å². The Morgan fingerprint density at radius 3 is 2.70 bits per heavy atom. The zero-order valence-electron chi connectivity index (χ0n) is 15.4. The first kappa shape index (κ1) is 17.3. The van der Waals surface area contributed by atoms with E-state index in [2.05, 4.69) is 31.0 Å². The van der Waals surface area contributed by atoms with E-state index in [1.165, 1.54) is 0 Å². The van der Waals surface area contributed by atoms with Crippen molar-refractivity contribution in [3.8, 4) is 5.69 Å². The number of rotatable bonds is 4. The molecular weight excluding hydrogens is 344 g/mol. The van der Waals surface area contributed by atoms with Gasteiger partial charge in [-0.25, -0.2) is 9.36 Å². The molecule has 0 atom stereocenters. The minimum absolute atomic E-state index is 0.224. The fraction of sp³-hybridized carbons (Fsp3) is 0.389. The lowest BCUT2D eigenvalue weighted by Gasteiger charge is -2.19. The number of benzene rings is 1. The molecule has 140 valence electrons. The van der Waals surface area contributed by atoms with Gasteiger partial charge in [0.25, 0.3) is 5.91 Å². The van der Waals surface area contributed by atoms with E-state index < -0.39 is 0 Å². The number of nitrogens with one attached hydrogen (secondary N) is 2. The first-order chi connectivity index (χ1) is 13.1. The number of nitrogens with zero attached hydrogens (tertiary/aromatic N) is 6.